The van der Waals surface area contributed by atoms with Gasteiger partial charge in [0.15, 0.2) is 0 Å². The van der Waals surface area contributed by atoms with Crippen LogP contribution in [0.1, 0.15) is 189 Å². The van der Waals surface area contributed by atoms with Crippen molar-refractivity contribution < 1.29 is 4.74 Å². The highest BCUT2D eigenvalue weighted by Gasteiger charge is 2.26. The molecule has 1 fully saturated rings. The predicted octanol–water partition coefficient (Wildman–Crippen LogP) is 12.6. The number of methoxy groups -OCH3 is 1. The van der Waals surface area contributed by atoms with Crippen molar-refractivity contribution in [1.82, 2.24) is 19.6 Å². The van der Waals surface area contributed by atoms with Crippen LogP contribution in [-0.2, 0) is 4.74 Å². The molecule has 0 aliphatic heterocycles. The van der Waals surface area contributed by atoms with Crippen LogP contribution in [0.5, 0.6) is 0 Å². The SMILES string of the molecule is CCCCN(CCCC)CC(C)(C)C.CCCN(CC(C)(C)C)C(C)CC.CCCN(CC1CC1)CC(C)(C)C.CCN(CCOC)CC(C)(C)C. The lowest BCUT2D eigenvalue weighted by molar-refractivity contribution is 0.127. The summed E-state index contributed by atoms with van der Waals surface area (Å²) in [4.78, 5) is 10.3. The molecular formula is C47H104N4O. The van der Waals surface area contributed by atoms with Gasteiger partial charge in [-0.3, -0.25) is 0 Å². The lowest BCUT2D eigenvalue weighted by Gasteiger charge is -2.34. The molecule has 0 aromatic rings. The van der Waals surface area contributed by atoms with Crippen molar-refractivity contribution in [3.63, 3.8) is 0 Å². The van der Waals surface area contributed by atoms with E-state index in [1.54, 1.807) is 7.11 Å². The van der Waals surface area contributed by atoms with Crippen LogP contribution >= 0.6 is 0 Å². The van der Waals surface area contributed by atoms with Crippen LogP contribution in [-0.4, -0.2) is 111 Å². The topological polar surface area (TPSA) is 22.2 Å². The molecule has 1 aliphatic rings. The number of hydrogen-bond donors (Lipinski definition) is 0. The molecule has 1 atom stereocenters. The van der Waals surface area contributed by atoms with E-state index in [2.05, 4.69) is 151 Å². The Morgan fingerprint density at radius 3 is 1.27 bits per heavy atom. The van der Waals surface area contributed by atoms with E-state index in [-0.39, 0.29) is 0 Å². The van der Waals surface area contributed by atoms with Crippen molar-refractivity contribution in [2.45, 2.75) is 195 Å². The Hall–Kier alpha value is -0.200. The maximum atomic E-state index is 5.05. The third kappa shape index (κ3) is 42.5. The second-order valence-electron chi connectivity index (χ2n) is 21.0. The summed E-state index contributed by atoms with van der Waals surface area (Å²) in [6.07, 6.45) is 12.1. The number of hydrogen-bond acceptors (Lipinski definition) is 5. The Morgan fingerprint density at radius 2 is 0.942 bits per heavy atom. The molecule has 5 nitrogen and oxygen atoms in total. The summed E-state index contributed by atoms with van der Waals surface area (Å²) in [6.45, 7) is 58.0. The minimum Gasteiger partial charge on any atom is -0.383 e. The zero-order valence-corrected chi connectivity index (χ0v) is 40.2. The van der Waals surface area contributed by atoms with Gasteiger partial charge in [-0.25, -0.2) is 0 Å². The molecular weight excluding hydrogens is 637 g/mol. The van der Waals surface area contributed by atoms with Gasteiger partial charge in [0, 0.05) is 52.4 Å². The standard InChI is InChI=1S/C13H29N.C12H25N.C12H27N.C10H23NO/c1-6-8-10-14(11-9-7-2)12-13(3,4)5;1-5-8-13(9-11-6-7-11)10-12(2,3)4;1-7-9-13(11(3)8-2)10-12(4,5)6;1-6-11(7-8-12-5)9-10(2,3)4/h6-12H2,1-5H3;11H,5-10H2,1-4H3;11H,7-10H2,1-6H3;6-9H2,1-5H3. The third-order valence-corrected chi connectivity index (χ3v) is 8.96. The Labute approximate surface area is 332 Å². The molecule has 1 saturated carbocycles. The van der Waals surface area contributed by atoms with Gasteiger partial charge in [-0.05, 0) is 112 Å². The quantitative estimate of drug-likeness (QED) is 0.110. The highest BCUT2D eigenvalue weighted by atomic mass is 16.5. The van der Waals surface area contributed by atoms with Gasteiger partial charge in [0.2, 0.25) is 0 Å². The summed E-state index contributed by atoms with van der Waals surface area (Å²) < 4.78 is 5.05. The van der Waals surface area contributed by atoms with Crippen molar-refractivity contribution in [2.24, 2.45) is 27.6 Å². The van der Waals surface area contributed by atoms with E-state index in [0.29, 0.717) is 21.7 Å². The normalized spacial score (nSPS) is 14.5. The first-order valence-corrected chi connectivity index (χ1v) is 22.3. The van der Waals surface area contributed by atoms with Gasteiger partial charge in [-0.2, -0.15) is 0 Å². The first-order valence-electron chi connectivity index (χ1n) is 22.3. The fourth-order valence-electron chi connectivity index (χ4n) is 6.44. The number of likely N-dealkylation sites (N-methyl/N-ethyl adjacent to an activating group) is 1. The maximum Gasteiger partial charge on any atom is 0.0589 e. The van der Waals surface area contributed by atoms with Gasteiger partial charge in [0.25, 0.3) is 0 Å². The molecule has 318 valence electrons. The molecule has 0 heterocycles. The minimum atomic E-state index is 0.393. The van der Waals surface area contributed by atoms with Gasteiger partial charge in [0.05, 0.1) is 6.61 Å². The van der Waals surface area contributed by atoms with Crippen LogP contribution in [0.4, 0.5) is 0 Å². The summed E-state index contributed by atoms with van der Waals surface area (Å²) in [5, 5.41) is 0. The second kappa shape index (κ2) is 31.0. The van der Waals surface area contributed by atoms with Crippen LogP contribution in [0.25, 0.3) is 0 Å². The van der Waals surface area contributed by atoms with Gasteiger partial charge in [-0.1, -0.05) is 137 Å². The average Bonchev–Trinajstić information content (AvgIpc) is 3.82. The van der Waals surface area contributed by atoms with Crippen LogP contribution in [0.2, 0.25) is 0 Å². The maximum absolute atomic E-state index is 5.05. The number of rotatable bonds is 22. The Balaban J connectivity index is -0.000000616. The summed E-state index contributed by atoms with van der Waals surface area (Å²) in [5.74, 6) is 1.04. The Morgan fingerprint density at radius 1 is 0.519 bits per heavy atom. The average molecular weight is 741 g/mol. The summed E-state index contributed by atoms with van der Waals surface area (Å²) in [6, 6.07) is 0.735. The molecule has 1 rings (SSSR count). The van der Waals surface area contributed by atoms with Gasteiger partial charge in [0.1, 0.15) is 0 Å². The van der Waals surface area contributed by atoms with Crippen molar-refractivity contribution in [3.05, 3.63) is 0 Å². The van der Waals surface area contributed by atoms with E-state index in [4.69, 9.17) is 4.74 Å². The first-order chi connectivity index (χ1) is 23.9. The second-order valence-corrected chi connectivity index (χ2v) is 21.0. The number of unbranched alkanes of at least 4 members (excludes halogenated alkanes) is 2. The van der Waals surface area contributed by atoms with Gasteiger partial charge < -0.3 is 24.3 Å². The van der Waals surface area contributed by atoms with Crippen molar-refractivity contribution in [3.8, 4) is 0 Å². The Kier molecular flexibility index (Phi) is 33.4. The lowest BCUT2D eigenvalue weighted by Crippen LogP contribution is -2.39. The zero-order valence-electron chi connectivity index (χ0n) is 40.2. The molecule has 0 spiro atoms. The first kappa shape index (κ1) is 56.1. The van der Waals surface area contributed by atoms with Gasteiger partial charge >= 0.3 is 0 Å². The van der Waals surface area contributed by atoms with E-state index < -0.39 is 0 Å². The molecule has 0 saturated heterocycles. The van der Waals surface area contributed by atoms with Gasteiger partial charge in [-0.15, -0.1) is 0 Å². The van der Waals surface area contributed by atoms with Crippen LogP contribution in [0.15, 0.2) is 0 Å². The van der Waals surface area contributed by atoms with Crippen LogP contribution in [0.3, 0.4) is 0 Å². The summed E-state index contributed by atoms with van der Waals surface area (Å²) in [7, 11) is 1.75. The molecule has 52 heavy (non-hydrogen) atoms. The summed E-state index contributed by atoms with van der Waals surface area (Å²) >= 11 is 0. The monoisotopic (exact) mass is 741 g/mol. The van der Waals surface area contributed by atoms with Crippen LogP contribution in [0, 0.1) is 27.6 Å². The number of ether oxygens (including phenoxy) is 1. The smallest absolute Gasteiger partial charge is 0.0589 e. The molecule has 0 amide bonds. The molecule has 0 aromatic carbocycles. The van der Waals surface area contributed by atoms with Crippen molar-refractivity contribution in [2.75, 3.05) is 85.7 Å². The molecule has 5 heteroatoms. The predicted molar refractivity (Wildman–Crippen MR) is 239 cm³/mol. The molecule has 1 aliphatic carbocycles. The van der Waals surface area contributed by atoms with Crippen LogP contribution < -0.4 is 0 Å². The van der Waals surface area contributed by atoms with Crippen molar-refractivity contribution >= 4 is 0 Å². The number of nitrogens with zero attached hydrogens (tertiary/aromatic N) is 4. The Bertz CT molecular complexity index is 745. The van der Waals surface area contributed by atoms with E-state index >= 15 is 0 Å². The van der Waals surface area contributed by atoms with Crippen molar-refractivity contribution in [1.29, 1.82) is 0 Å². The van der Waals surface area contributed by atoms with E-state index in [1.807, 2.05) is 0 Å². The molecule has 0 bridgehead atoms. The lowest BCUT2D eigenvalue weighted by atomic mass is 9.95. The van der Waals surface area contributed by atoms with E-state index in [9.17, 15) is 0 Å². The largest absolute Gasteiger partial charge is 0.383 e. The van der Waals surface area contributed by atoms with E-state index in [1.165, 1.54) is 110 Å². The molecule has 0 aromatic heterocycles. The minimum absolute atomic E-state index is 0.393. The third-order valence-electron chi connectivity index (χ3n) is 8.96. The zero-order chi connectivity index (χ0) is 41.0. The molecule has 0 N–H and O–H groups in total. The highest BCUT2D eigenvalue weighted by Crippen LogP contribution is 2.30. The molecule has 1 unspecified atom stereocenters. The molecule has 0 radical (unpaired) electrons. The van der Waals surface area contributed by atoms with E-state index in [0.717, 1.165) is 38.2 Å². The summed E-state index contributed by atoms with van der Waals surface area (Å²) in [5.41, 5.74) is 1.73. The fourth-order valence-corrected chi connectivity index (χ4v) is 6.44. The highest BCUT2D eigenvalue weighted by molar-refractivity contribution is 4.79. The fraction of sp³-hybridized carbons (Fsp3) is 1.00.